The second-order valence-electron chi connectivity index (χ2n) is 6.30. The van der Waals surface area contributed by atoms with E-state index in [0.29, 0.717) is 5.92 Å². The fourth-order valence-corrected chi connectivity index (χ4v) is 3.29. The molecule has 0 amide bonds. The van der Waals surface area contributed by atoms with E-state index >= 15 is 0 Å². The second kappa shape index (κ2) is 4.93. The first kappa shape index (κ1) is 14.6. The molecule has 0 fully saturated rings. The molecule has 0 aromatic carbocycles. The standard InChI is InChI=1S/C15H23NO2S/c1-9(2)11-7-16(14(17)18-15(4,5)6)13-12(11)10(3)8-19-13/h7-9,14,17H,1-6H3. The fourth-order valence-electron chi connectivity index (χ4n) is 2.22. The van der Waals surface area contributed by atoms with Crippen LogP contribution in [0.15, 0.2) is 11.6 Å². The summed E-state index contributed by atoms with van der Waals surface area (Å²) in [5, 5.41) is 13.7. The van der Waals surface area contributed by atoms with Gasteiger partial charge in [0, 0.05) is 11.6 Å². The van der Waals surface area contributed by atoms with Gasteiger partial charge in [0.2, 0.25) is 6.41 Å². The van der Waals surface area contributed by atoms with Crippen molar-refractivity contribution in [3.05, 3.63) is 22.7 Å². The lowest BCUT2D eigenvalue weighted by Crippen LogP contribution is -2.25. The highest BCUT2D eigenvalue weighted by Crippen LogP contribution is 2.36. The SMILES string of the molecule is Cc1csc2c1c(C(C)C)cn2C(O)OC(C)(C)C. The number of hydrogen-bond acceptors (Lipinski definition) is 3. The Bertz CT molecular complexity index is 575. The molecule has 2 rings (SSSR count). The molecule has 2 aromatic heterocycles. The van der Waals surface area contributed by atoms with Gasteiger partial charge < -0.3 is 9.84 Å². The zero-order valence-corrected chi connectivity index (χ0v) is 13.3. The van der Waals surface area contributed by atoms with Crippen LogP contribution in [0.2, 0.25) is 0 Å². The van der Waals surface area contributed by atoms with Gasteiger partial charge in [-0.15, -0.1) is 11.3 Å². The molecule has 0 saturated heterocycles. The van der Waals surface area contributed by atoms with Crippen molar-refractivity contribution in [2.24, 2.45) is 0 Å². The van der Waals surface area contributed by atoms with Crippen LogP contribution in [0.3, 0.4) is 0 Å². The average Bonchev–Trinajstić information content (AvgIpc) is 2.77. The van der Waals surface area contributed by atoms with Crippen molar-refractivity contribution in [1.82, 2.24) is 4.57 Å². The summed E-state index contributed by atoms with van der Waals surface area (Å²) in [5.74, 6) is 0.430. The van der Waals surface area contributed by atoms with Crippen molar-refractivity contribution in [2.75, 3.05) is 0 Å². The zero-order valence-electron chi connectivity index (χ0n) is 12.5. The molecule has 0 radical (unpaired) electrons. The number of fused-ring (bicyclic) bond motifs is 1. The Balaban J connectivity index is 2.49. The molecule has 2 heterocycles. The van der Waals surface area contributed by atoms with Gasteiger partial charge in [0.1, 0.15) is 4.83 Å². The number of thiophene rings is 1. The first-order chi connectivity index (χ1) is 8.70. The molecule has 106 valence electrons. The molecule has 0 aliphatic heterocycles. The predicted octanol–water partition coefficient (Wildman–Crippen LogP) is 4.40. The minimum absolute atomic E-state index is 0.375. The Labute approximate surface area is 118 Å². The number of nitrogens with zero attached hydrogens (tertiary/aromatic N) is 1. The van der Waals surface area contributed by atoms with E-state index < -0.39 is 6.41 Å². The van der Waals surface area contributed by atoms with E-state index in [-0.39, 0.29) is 5.60 Å². The van der Waals surface area contributed by atoms with Crippen LogP contribution in [-0.4, -0.2) is 15.3 Å². The van der Waals surface area contributed by atoms with Crippen molar-refractivity contribution in [3.8, 4) is 0 Å². The van der Waals surface area contributed by atoms with Gasteiger partial charge >= 0.3 is 0 Å². The largest absolute Gasteiger partial charge is 0.351 e. The lowest BCUT2D eigenvalue weighted by atomic mass is 10.0. The van der Waals surface area contributed by atoms with Gasteiger partial charge in [-0.05, 0) is 50.1 Å². The topological polar surface area (TPSA) is 34.4 Å². The Hall–Kier alpha value is -0.840. The molecular weight excluding hydrogens is 258 g/mol. The number of aliphatic hydroxyl groups is 1. The quantitative estimate of drug-likeness (QED) is 0.846. The molecule has 2 aromatic rings. The smallest absolute Gasteiger partial charge is 0.242 e. The molecule has 4 heteroatoms. The van der Waals surface area contributed by atoms with E-state index in [1.54, 1.807) is 11.3 Å². The molecule has 1 N–H and O–H groups in total. The van der Waals surface area contributed by atoms with E-state index in [1.807, 2.05) is 31.5 Å². The predicted molar refractivity (Wildman–Crippen MR) is 80.7 cm³/mol. The molecule has 19 heavy (non-hydrogen) atoms. The minimum atomic E-state index is -0.937. The number of rotatable bonds is 3. The third-order valence-electron chi connectivity index (χ3n) is 3.08. The van der Waals surface area contributed by atoms with Gasteiger partial charge in [0.25, 0.3) is 0 Å². The van der Waals surface area contributed by atoms with Crippen LogP contribution >= 0.6 is 11.3 Å². The van der Waals surface area contributed by atoms with Gasteiger partial charge in [-0.25, -0.2) is 0 Å². The van der Waals surface area contributed by atoms with E-state index in [2.05, 4.69) is 26.2 Å². The van der Waals surface area contributed by atoms with Gasteiger partial charge in [-0.1, -0.05) is 13.8 Å². The van der Waals surface area contributed by atoms with Crippen molar-refractivity contribution in [2.45, 2.75) is 59.5 Å². The van der Waals surface area contributed by atoms with Crippen molar-refractivity contribution in [3.63, 3.8) is 0 Å². The summed E-state index contributed by atoms with van der Waals surface area (Å²) in [6, 6.07) is 0. The molecule has 0 aliphatic rings. The van der Waals surface area contributed by atoms with Crippen LogP contribution in [-0.2, 0) is 4.74 Å². The van der Waals surface area contributed by atoms with Gasteiger partial charge in [-0.2, -0.15) is 0 Å². The van der Waals surface area contributed by atoms with E-state index in [4.69, 9.17) is 4.74 Å². The highest BCUT2D eigenvalue weighted by atomic mass is 32.1. The average molecular weight is 281 g/mol. The van der Waals surface area contributed by atoms with E-state index in [9.17, 15) is 5.11 Å². The van der Waals surface area contributed by atoms with Crippen LogP contribution in [0.25, 0.3) is 10.2 Å². The summed E-state index contributed by atoms with van der Waals surface area (Å²) in [6.45, 7) is 12.3. The third kappa shape index (κ3) is 2.86. The highest BCUT2D eigenvalue weighted by molar-refractivity contribution is 7.17. The number of aliphatic hydroxyl groups excluding tert-OH is 1. The summed E-state index contributed by atoms with van der Waals surface area (Å²) < 4.78 is 7.50. The number of aromatic nitrogens is 1. The first-order valence-electron chi connectivity index (χ1n) is 6.65. The Morgan fingerprint density at radius 2 is 1.95 bits per heavy atom. The third-order valence-corrected chi connectivity index (χ3v) is 4.19. The van der Waals surface area contributed by atoms with Gasteiger partial charge in [0.05, 0.1) is 5.60 Å². The van der Waals surface area contributed by atoms with Crippen molar-refractivity contribution < 1.29 is 9.84 Å². The normalized spacial score (nSPS) is 14.5. The lowest BCUT2D eigenvalue weighted by Gasteiger charge is -2.24. The van der Waals surface area contributed by atoms with Crippen molar-refractivity contribution >= 4 is 21.6 Å². The monoisotopic (exact) mass is 281 g/mol. The molecule has 0 spiro atoms. The van der Waals surface area contributed by atoms with Crippen molar-refractivity contribution in [1.29, 1.82) is 0 Å². The first-order valence-corrected chi connectivity index (χ1v) is 7.53. The molecule has 0 aliphatic carbocycles. The molecule has 1 atom stereocenters. The second-order valence-corrected chi connectivity index (χ2v) is 7.16. The number of hydrogen-bond donors (Lipinski definition) is 1. The highest BCUT2D eigenvalue weighted by Gasteiger charge is 2.22. The number of ether oxygens (including phenoxy) is 1. The van der Waals surface area contributed by atoms with Crippen LogP contribution in [0.4, 0.5) is 0 Å². The van der Waals surface area contributed by atoms with Crippen LogP contribution in [0.1, 0.15) is 58.1 Å². The Kier molecular flexibility index (Phi) is 3.78. The number of aryl methyl sites for hydroxylation is 1. The lowest BCUT2D eigenvalue weighted by molar-refractivity contribution is -0.207. The summed E-state index contributed by atoms with van der Waals surface area (Å²) in [5.41, 5.74) is 2.16. The van der Waals surface area contributed by atoms with Crippen LogP contribution in [0.5, 0.6) is 0 Å². The molecular formula is C15H23NO2S. The Morgan fingerprint density at radius 1 is 1.32 bits per heavy atom. The summed E-state index contributed by atoms with van der Waals surface area (Å²) in [4.78, 5) is 1.08. The Morgan fingerprint density at radius 3 is 2.47 bits per heavy atom. The van der Waals surface area contributed by atoms with Crippen LogP contribution < -0.4 is 0 Å². The summed E-state index contributed by atoms with van der Waals surface area (Å²) >= 11 is 1.66. The molecule has 3 nitrogen and oxygen atoms in total. The molecule has 0 bridgehead atoms. The minimum Gasteiger partial charge on any atom is -0.351 e. The van der Waals surface area contributed by atoms with E-state index in [1.165, 1.54) is 16.5 Å². The van der Waals surface area contributed by atoms with Crippen LogP contribution in [0, 0.1) is 6.92 Å². The maximum absolute atomic E-state index is 10.3. The maximum atomic E-state index is 10.3. The fraction of sp³-hybridized carbons (Fsp3) is 0.600. The molecule has 1 unspecified atom stereocenters. The molecule has 0 saturated carbocycles. The van der Waals surface area contributed by atoms with E-state index in [0.717, 1.165) is 4.83 Å². The maximum Gasteiger partial charge on any atom is 0.242 e. The van der Waals surface area contributed by atoms with Gasteiger partial charge in [-0.3, -0.25) is 4.57 Å². The van der Waals surface area contributed by atoms with Gasteiger partial charge in [0.15, 0.2) is 0 Å². The summed E-state index contributed by atoms with van der Waals surface area (Å²) in [7, 11) is 0. The zero-order chi connectivity index (χ0) is 14.4. The summed E-state index contributed by atoms with van der Waals surface area (Å²) in [6.07, 6.45) is 1.09.